The fraction of sp³-hybridized carbons (Fsp3) is 0.571. The lowest BCUT2D eigenvalue weighted by Gasteiger charge is -2.56. The Morgan fingerprint density at radius 1 is 1.41 bits per heavy atom. The number of ether oxygens (including phenoxy) is 2. The summed E-state index contributed by atoms with van der Waals surface area (Å²) in [4.78, 5) is 15.5. The Hall–Kier alpha value is -1.89. The molecule has 4 aliphatic heterocycles. The molecule has 4 heterocycles. The third kappa shape index (κ3) is 1.48. The van der Waals surface area contributed by atoms with Crippen molar-refractivity contribution in [2.45, 2.75) is 48.7 Å². The number of aliphatic hydroxyl groups excluding tert-OH is 1. The fourth-order valence-corrected chi connectivity index (χ4v) is 7.18. The molecular weight excluding hydrogens is 344 g/mol. The molecule has 5 aliphatic rings. The summed E-state index contributed by atoms with van der Waals surface area (Å²) in [5, 5.41) is 15.1. The van der Waals surface area contributed by atoms with Crippen molar-refractivity contribution in [2.75, 3.05) is 25.5 Å². The van der Waals surface area contributed by atoms with Crippen LogP contribution in [0.1, 0.15) is 18.9 Å². The molecule has 142 valence electrons. The van der Waals surface area contributed by atoms with Gasteiger partial charge in [0.15, 0.2) is 5.60 Å². The van der Waals surface area contributed by atoms with Crippen molar-refractivity contribution in [3.8, 4) is 0 Å². The van der Waals surface area contributed by atoms with E-state index in [0.29, 0.717) is 13.0 Å². The molecule has 3 fully saturated rings. The van der Waals surface area contributed by atoms with Crippen LogP contribution < -0.4 is 5.32 Å². The van der Waals surface area contributed by atoms with Gasteiger partial charge in [-0.15, -0.1) is 0 Å². The van der Waals surface area contributed by atoms with E-state index in [1.54, 1.807) is 0 Å². The predicted octanol–water partition coefficient (Wildman–Crippen LogP) is 1.05. The van der Waals surface area contributed by atoms with Crippen molar-refractivity contribution in [1.82, 2.24) is 4.90 Å². The van der Waals surface area contributed by atoms with Gasteiger partial charge in [0.05, 0.1) is 30.8 Å². The third-order valence-corrected chi connectivity index (χ3v) is 7.93. The maximum atomic E-state index is 13.1. The fourth-order valence-electron chi connectivity index (χ4n) is 7.18. The van der Waals surface area contributed by atoms with E-state index in [9.17, 15) is 9.90 Å². The van der Waals surface area contributed by atoms with Crippen LogP contribution in [0.5, 0.6) is 0 Å². The number of benzene rings is 1. The van der Waals surface area contributed by atoms with Crippen LogP contribution in [0.3, 0.4) is 0 Å². The molecule has 27 heavy (non-hydrogen) atoms. The number of fused-ring (bicyclic) bond motifs is 3. The highest BCUT2D eigenvalue weighted by molar-refractivity contribution is 5.86. The van der Waals surface area contributed by atoms with E-state index in [1.807, 2.05) is 18.2 Å². The van der Waals surface area contributed by atoms with Crippen molar-refractivity contribution in [3.05, 3.63) is 42.0 Å². The van der Waals surface area contributed by atoms with Gasteiger partial charge in [-0.25, -0.2) is 4.79 Å². The molecule has 1 aromatic carbocycles. The van der Waals surface area contributed by atoms with Crippen LogP contribution in [0.15, 0.2) is 36.4 Å². The zero-order valence-electron chi connectivity index (χ0n) is 15.5. The lowest BCUT2D eigenvalue weighted by Crippen LogP contribution is -2.72. The number of rotatable bonds is 1. The van der Waals surface area contributed by atoms with E-state index in [1.165, 1.54) is 7.11 Å². The second-order valence-corrected chi connectivity index (χ2v) is 8.76. The number of para-hydroxylation sites is 1. The number of nitrogens with one attached hydrogen (secondary N) is 1. The molecule has 7 atom stereocenters. The number of nitrogens with zero attached hydrogens (tertiary/aromatic N) is 1. The minimum Gasteiger partial charge on any atom is -0.467 e. The number of carbonyl (C=O) groups is 1. The smallest absolute Gasteiger partial charge is 0.340 e. The zero-order valence-corrected chi connectivity index (χ0v) is 15.5. The van der Waals surface area contributed by atoms with Gasteiger partial charge in [0.25, 0.3) is 0 Å². The number of carbonyl (C=O) groups excluding carboxylic acids is 1. The van der Waals surface area contributed by atoms with Crippen LogP contribution in [-0.4, -0.2) is 66.1 Å². The summed E-state index contributed by atoms with van der Waals surface area (Å²) >= 11 is 0. The number of aliphatic hydroxyl groups is 1. The second-order valence-electron chi connectivity index (χ2n) is 8.76. The van der Waals surface area contributed by atoms with E-state index in [0.717, 1.165) is 17.8 Å². The maximum Gasteiger partial charge on any atom is 0.340 e. The molecule has 1 saturated carbocycles. The summed E-state index contributed by atoms with van der Waals surface area (Å²) in [6, 6.07) is 7.87. The first-order valence-corrected chi connectivity index (χ1v) is 9.73. The molecule has 2 bridgehead atoms. The molecule has 2 spiro atoms. The molecule has 0 aromatic heterocycles. The number of anilines is 1. The molecule has 6 rings (SSSR count). The summed E-state index contributed by atoms with van der Waals surface area (Å²) < 4.78 is 11.8. The first kappa shape index (κ1) is 16.1. The van der Waals surface area contributed by atoms with Crippen LogP contribution in [-0.2, 0) is 19.7 Å². The highest BCUT2D eigenvalue weighted by atomic mass is 16.6. The van der Waals surface area contributed by atoms with Gasteiger partial charge in [0, 0.05) is 36.7 Å². The van der Waals surface area contributed by atoms with Crippen LogP contribution in [0.2, 0.25) is 0 Å². The Kier molecular flexibility index (Phi) is 2.83. The van der Waals surface area contributed by atoms with Crippen LogP contribution in [0, 0.1) is 5.41 Å². The molecule has 6 nitrogen and oxygen atoms in total. The van der Waals surface area contributed by atoms with E-state index >= 15 is 0 Å². The number of esters is 1. The van der Waals surface area contributed by atoms with Crippen molar-refractivity contribution in [2.24, 2.45) is 5.41 Å². The van der Waals surface area contributed by atoms with Crippen molar-refractivity contribution >= 4 is 11.7 Å². The Morgan fingerprint density at radius 2 is 2.22 bits per heavy atom. The Morgan fingerprint density at radius 3 is 3.04 bits per heavy atom. The molecule has 6 heteroatoms. The average molecular weight is 368 g/mol. The molecule has 2 N–H and O–H groups in total. The Balaban J connectivity index is 1.70. The minimum absolute atomic E-state index is 0.0847. The quantitative estimate of drug-likeness (QED) is 0.571. The second kappa shape index (κ2) is 4.74. The summed E-state index contributed by atoms with van der Waals surface area (Å²) in [5.41, 5.74) is 0.0565. The van der Waals surface area contributed by atoms with Gasteiger partial charge >= 0.3 is 5.97 Å². The third-order valence-electron chi connectivity index (χ3n) is 7.93. The van der Waals surface area contributed by atoms with E-state index in [-0.39, 0.29) is 29.6 Å². The van der Waals surface area contributed by atoms with Gasteiger partial charge in [0.1, 0.15) is 0 Å². The first-order valence-electron chi connectivity index (χ1n) is 9.73. The highest BCUT2D eigenvalue weighted by Crippen LogP contribution is 2.69. The molecule has 0 unspecified atom stereocenters. The largest absolute Gasteiger partial charge is 0.467 e. The van der Waals surface area contributed by atoms with Crippen LogP contribution in [0.4, 0.5) is 5.69 Å². The molecule has 1 aromatic rings. The summed E-state index contributed by atoms with van der Waals surface area (Å²) in [6.45, 7) is 3.48. The van der Waals surface area contributed by atoms with Gasteiger partial charge in [-0.3, -0.25) is 4.90 Å². The van der Waals surface area contributed by atoms with Crippen molar-refractivity contribution < 1.29 is 19.4 Å². The predicted molar refractivity (Wildman–Crippen MR) is 98.4 cm³/mol. The van der Waals surface area contributed by atoms with Gasteiger partial charge < -0.3 is 19.9 Å². The topological polar surface area (TPSA) is 71.0 Å². The normalized spacial score (nSPS) is 48.6. The van der Waals surface area contributed by atoms with Gasteiger partial charge in [-0.1, -0.05) is 30.4 Å². The monoisotopic (exact) mass is 368 g/mol. The molecular formula is C21H24N2O4. The Labute approximate surface area is 158 Å². The molecule has 2 saturated heterocycles. The van der Waals surface area contributed by atoms with E-state index in [2.05, 4.69) is 35.4 Å². The summed E-state index contributed by atoms with van der Waals surface area (Å²) in [6.07, 6.45) is 4.28. The average Bonchev–Trinajstić information content (AvgIpc) is 3.26. The highest BCUT2D eigenvalue weighted by Gasteiger charge is 2.82. The van der Waals surface area contributed by atoms with Crippen LogP contribution >= 0.6 is 0 Å². The first-order chi connectivity index (χ1) is 13.0. The lowest BCUT2D eigenvalue weighted by atomic mass is 9.50. The summed E-state index contributed by atoms with van der Waals surface area (Å²) in [5.74, 6) is -0.348. The van der Waals surface area contributed by atoms with Crippen molar-refractivity contribution in [3.63, 3.8) is 0 Å². The number of hydrogen-bond donors (Lipinski definition) is 2. The summed E-state index contributed by atoms with van der Waals surface area (Å²) in [7, 11) is 1.42. The number of methoxy groups -OCH3 is 1. The standard InChI is InChI=1S/C21H24N2O4/c1-12-19-8-5-9-23-10-15(24)21(17(19)23)13-6-3-4-7-14(13)22-16(21)20(11-19,27-12)18(25)26-2/h3-8,12,15-17,22,24H,9-11H2,1-2H3/t12-,15+,16+,17+,19+,20+,21-/m1/s1. The lowest BCUT2D eigenvalue weighted by molar-refractivity contribution is -0.172. The van der Waals surface area contributed by atoms with Gasteiger partial charge in [-0.2, -0.15) is 0 Å². The van der Waals surface area contributed by atoms with Crippen LogP contribution in [0.25, 0.3) is 0 Å². The molecule has 0 amide bonds. The molecule has 1 aliphatic carbocycles. The van der Waals surface area contributed by atoms with Gasteiger partial charge in [-0.05, 0) is 18.6 Å². The SMILES string of the molecule is COC(=O)[C@]12C[C@@]3(C=CCN4C[C@H](O)[C@@]5(c6ccccc6N[C@H]51)[C@@H]43)[C@@H](C)O2. The van der Waals surface area contributed by atoms with E-state index in [4.69, 9.17) is 9.47 Å². The molecule has 0 radical (unpaired) electrons. The Bertz CT molecular complexity index is 887. The maximum absolute atomic E-state index is 13.1. The van der Waals surface area contributed by atoms with E-state index < -0.39 is 17.1 Å². The minimum atomic E-state index is -1.11. The zero-order chi connectivity index (χ0) is 18.6. The number of hydrogen-bond acceptors (Lipinski definition) is 6. The van der Waals surface area contributed by atoms with Crippen molar-refractivity contribution in [1.29, 1.82) is 0 Å². The van der Waals surface area contributed by atoms with Gasteiger partial charge in [0.2, 0.25) is 0 Å².